The summed E-state index contributed by atoms with van der Waals surface area (Å²) in [5, 5.41) is 12.3. The first kappa shape index (κ1) is 14.7. The third-order valence-electron chi connectivity index (χ3n) is 3.52. The van der Waals surface area contributed by atoms with Gasteiger partial charge in [0, 0.05) is 6.54 Å². The molecule has 0 aliphatic carbocycles. The highest BCUT2D eigenvalue weighted by Gasteiger charge is 2.26. The summed E-state index contributed by atoms with van der Waals surface area (Å²) < 4.78 is 4.92. The van der Waals surface area contributed by atoms with Crippen LogP contribution in [0.15, 0.2) is 22.8 Å². The number of likely N-dealkylation sites (tertiary alicyclic amines) is 1. The Kier molecular flexibility index (Phi) is 4.57. The van der Waals surface area contributed by atoms with Crippen molar-refractivity contribution in [3.8, 4) is 0 Å². The highest BCUT2D eigenvalue weighted by atomic mass is 16.3. The average molecular weight is 280 g/mol. The van der Waals surface area contributed by atoms with Gasteiger partial charge >= 0.3 is 0 Å². The summed E-state index contributed by atoms with van der Waals surface area (Å²) in [5.41, 5.74) is -0.658. The van der Waals surface area contributed by atoms with E-state index in [1.54, 1.807) is 6.07 Å². The van der Waals surface area contributed by atoms with Crippen molar-refractivity contribution in [3.63, 3.8) is 0 Å². The molecule has 2 heterocycles. The molecule has 1 aromatic heterocycles. The fourth-order valence-corrected chi connectivity index (χ4v) is 2.32. The molecular weight excluding hydrogens is 260 g/mol. The van der Waals surface area contributed by atoms with Gasteiger partial charge < -0.3 is 9.52 Å². The molecule has 110 valence electrons. The van der Waals surface area contributed by atoms with Gasteiger partial charge in [0.1, 0.15) is 0 Å². The van der Waals surface area contributed by atoms with Crippen molar-refractivity contribution in [1.29, 1.82) is 0 Å². The van der Waals surface area contributed by atoms with Gasteiger partial charge in [-0.05, 0) is 44.9 Å². The molecule has 20 heavy (non-hydrogen) atoms. The van der Waals surface area contributed by atoms with Crippen molar-refractivity contribution in [2.24, 2.45) is 0 Å². The van der Waals surface area contributed by atoms with Crippen LogP contribution in [0.1, 0.15) is 36.7 Å². The van der Waals surface area contributed by atoms with Crippen molar-refractivity contribution in [2.45, 2.75) is 31.8 Å². The number of hydrogen-bond donors (Lipinski definition) is 2. The zero-order valence-electron chi connectivity index (χ0n) is 11.6. The Labute approximate surface area is 117 Å². The molecule has 6 heteroatoms. The Morgan fingerprint density at radius 1 is 1.45 bits per heavy atom. The predicted molar refractivity (Wildman–Crippen MR) is 72.1 cm³/mol. The smallest absolute Gasteiger partial charge is 0.293 e. The molecule has 1 saturated heterocycles. The Morgan fingerprint density at radius 2 is 2.25 bits per heavy atom. The van der Waals surface area contributed by atoms with Crippen molar-refractivity contribution in [3.05, 3.63) is 24.2 Å². The van der Waals surface area contributed by atoms with E-state index in [2.05, 4.69) is 5.32 Å². The van der Waals surface area contributed by atoms with Crippen LogP contribution >= 0.6 is 0 Å². The number of hydrogen-bond acceptors (Lipinski definition) is 5. The van der Waals surface area contributed by atoms with Crippen molar-refractivity contribution >= 4 is 11.8 Å². The van der Waals surface area contributed by atoms with E-state index in [9.17, 15) is 14.7 Å². The maximum atomic E-state index is 11.8. The highest BCUT2D eigenvalue weighted by molar-refractivity contribution is 6.03. The second kappa shape index (κ2) is 6.19. The summed E-state index contributed by atoms with van der Waals surface area (Å²) in [4.78, 5) is 25.4. The minimum Gasteiger partial charge on any atom is -0.459 e. The molecule has 0 radical (unpaired) electrons. The standard InChI is InChI=1S/C14H20N2O4/c1-14(19)5-3-7-16(8-6-14)10-12(17)15-13(18)11-4-2-9-20-11/h2,4,9,19H,3,5-8,10H2,1H3,(H,15,17,18). The first-order valence-electron chi connectivity index (χ1n) is 6.79. The van der Waals surface area contributed by atoms with E-state index in [1.807, 2.05) is 11.8 Å². The van der Waals surface area contributed by atoms with E-state index in [4.69, 9.17) is 4.42 Å². The minimum absolute atomic E-state index is 0.122. The van der Waals surface area contributed by atoms with E-state index in [-0.39, 0.29) is 18.2 Å². The van der Waals surface area contributed by atoms with E-state index >= 15 is 0 Å². The summed E-state index contributed by atoms with van der Waals surface area (Å²) in [5.74, 6) is -0.757. The van der Waals surface area contributed by atoms with Gasteiger partial charge in [-0.1, -0.05) is 0 Å². The van der Waals surface area contributed by atoms with Crippen LogP contribution in [0.5, 0.6) is 0 Å². The lowest BCUT2D eigenvalue weighted by atomic mass is 9.98. The predicted octanol–water partition coefficient (Wildman–Crippen LogP) is 0.773. The van der Waals surface area contributed by atoms with Crippen LogP contribution in [-0.2, 0) is 4.79 Å². The molecule has 2 amide bonds. The van der Waals surface area contributed by atoms with Gasteiger partial charge in [-0.2, -0.15) is 0 Å². The molecule has 0 bridgehead atoms. The van der Waals surface area contributed by atoms with Gasteiger partial charge in [-0.25, -0.2) is 0 Å². The lowest BCUT2D eigenvalue weighted by Crippen LogP contribution is -2.40. The molecular formula is C14H20N2O4. The molecule has 6 nitrogen and oxygen atoms in total. The number of aliphatic hydroxyl groups is 1. The average Bonchev–Trinajstić information content (AvgIpc) is 2.84. The lowest BCUT2D eigenvalue weighted by molar-refractivity contribution is -0.121. The number of amides is 2. The lowest BCUT2D eigenvalue weighted by Gasteiger charge is -2.21. The Morgan fingerprint density at radius 3 is 2.95 bits per heavy atom. The molecule has 2 rings (SSSR count). The van der Waals surface area contributed by atoms with Gasteiger partial charge in [-0.3, -0.25) is 19.8 Å². The number of nitrogens with one attached hydrogen (secondary N) is 1. The fraction of sp³-hybridized carbons (Fsp3) is 0.571. The largest absolute Gasteiger partial charge is 0.459 e. The van der Waals surface area contributed by atoms with Crippen LogP contribution in [0.25, 0.3) is 0 Å². The number of rotatable bonds is 3. The maximum absolute atomic E-state index is 11.8. The fourth-order valence-electron chi connectivity index (χ4n) is 2.32. The molecule has 1 aromatic rings. The quantitative estimate of drug-likeness (QED) is 0.854. The SMILES string of the molecule is CC1(O)CCCN(CC(=O)NC(=O)c2ccco2)CC1. The molecule has 0 aromatic carbocycles. The number of nitrogens with zero attached hydrogens (tertiary/aromatic N) is 1. The summed E-state index contributed by atoms with van der Waals surface area (Å²) >= 11 is 0. The van der Waals surface area contributed by atoms with Gasteiger partial charge in [0.2, 0.25) is 5.91 Å². The zero-order chi connectivity index (χ0) is 14.6. The second-order valence-corrected chi connectivity index (χ2v) is 5.48. The number of imide groups is 1. The van der Waals surface area contributed by atoms with Gasteiger partial charge in [0.25, 0.3) is 5.91 Å². The summed E-state index contributed by atoms with van der Waals surface area (Å²) in [6.45, 7) is 3.37. The summed E-state index contributed by atoms with van der Waals surface area (Å²) in [6.07, 6.45) is 3.59. The van der Waals surface area contributed by atoms with Crippen LogP contribution in [0, 0.1) is 0 Å². The van der Waals surface area contributed by atoms with Crippen molar-refractivity contribution in [1.82, 2.24) is 10.2 Å². The zero-order valence-corrected chi connectivity index (χ0v) is 11.6. The van der Waals surface area contributed by atoms with Crippen molar-refractivity contribution in [2.75, 3.05) is 19.6 Å². The summed E-state index contributed by atoms with van der Waals surface area (Å²) in [7, 11) is 0. The van der Waals surface area contributed by atoms with E-state index in [0.717, 1.165) is 19.4 Å². The number of carbonyl (C=O) groups excluding carboxylic acids is 2. The number of carbonyl (C=O) groups is 2. The third-order valence-corrected chi connectivity index (χ3v) is 3.52. The Hall–Kier alpha value is -1.66. The van der Waals surface area contributed by atoms with Crippen LogP contribution < -0.4 is 5.32 Å². The van der Waals surface area contributed by atoms with Crippen LogP contribution in [-0.4, -0.2) is 47.1 Å². The van der Waals surface area contributed by atoms with Crippen LogP contribution in [0.2, 0.25) is 0 Å². The Balaban J connectivity index is 1.81. The maximum Gasteiger partial charge on any atom is 0.293 e. The normalized spacial score (nSPS) is 24.1. The molecule has 1 atom stereocenters. The molecule has 2 N–H and O–H groups in total. The molecule has 0 saturated carbocycles. The molecule has 1 unspecified atom stereocenters. The first-order chi connectivity index (χ1) is 9.46. The third kappa shape index (κ3) is 4.18. The molecule has 1 aliphatic rings. The monoisotopic (exact) mass is 280 g/mol. The van der Waals surface area contributed by atoms with E-state index in [1.165, 1.54) is 12.3 Å². The number of furan rings is 1. The highest BCUT2D eigenvalue weighted by Crippen LogP contribution is 2.20. The minimum atomic E-state index is -0.658. The topological polar surface area (TPSA) is 82.8 Å². The van der Waals surface area contributed by atoms with Gasteiger partial charge in [-0.15, -0.1) is 0 Å². The molecule has 0 spiro atoms. The second-order valence-electron chi connectivity index (χ2n) is 5.48. The van der Waals surface area contributed by atoms with E-state index < -0.39 is 11.5 Å². The van der Waals surface area contributed by atoms with Crippen molar-refractivity contribution < 1.29 is 19.1 Å². The summed E-state index contributed by atoms with van der Waals surface area (Å²) in [6, 6.07) is 3.10. The Bertz CT molecular complexity index is 468. The van der Waals surface area contributed by atoms with Crippen LogP contribution in [0.3, 0.4) is 0 Å². The molecule has 1 aliphatic heterocycles. The van der Waals surface area contributed by atoms with Gasteiger partial charge in [0.05, 0.1) is 18.4 Å². The molecule has 1 fully saturated rings. The van der Waals surface area contributed by atoms with E-state index in [0.29, 0.717) is 13.0 Å². The first-order valence-corrected chi connectivity index (χ1v) is 6.79. The van der Waals surface area contributed by atoms with Crippen LogP contribution in [0.4, 0.5) is 0 Å². The van der Waals surface area contributed by atoms with Gasteiger partial charge in [0.15, 0.2) is 5.76 Å².